The summed E-state index contributed by atoms with van der Waals surface area (Å²) in [6.07, 6.45) is 0.537. The molecule has 0 fully saturated rings. The number of hydrogen-bond donors (Lipinski definition) is 1. The van der Waals surface area contributed by atoms with Crippen LogP contribution in [0.1, 0.15) is 11.8 Å². The van der Waals surface area contributed by atoms with Crippen LogP contribution in [-0.4, -0.2) is 19.2 Å². The Kier molecular flexibility index (Phi) is 4.32. The Morgan fingerprint density at radius 3 is 3.15 bits per heavy atom. The summed E-state index contributed by atoms with van der Waals surface area (Å²) in [6.45, 7) is 2.85. The van der Waals surface area contributed by atoms with Gasteiger partial charge in [-0.3, -0.25) is 0 Å². The van der Waals surface area contributed by atoms with Crippen LogP contribution in [0.3, 0.4) is 0 Å². The summed E-state index contributed by atoms with van der Waals surface area (Å²) in [5.74, 6) is 0. The Morgan fingerprint density at radius 1 is 1.69 bits per heavy atom. The number of rotatable bonds is 4. The first-order valence-electron chi connectivity index (χ1n) is 4.26. The lowest BCUT2D eigenvalue weighted by atomic mass is 10.3. The Balaban J connectivity index is 2.11. The molecule has 0 saturated heterocycles. The van der Waals surface area contributed by atoms with Crippen molar-refractivity contribution in [3.8, 4) is 0 Å². The van der Waals surface area contributed by atoms with Crippen LogP contribution in [0.4, 0.5) is 4.79 Å². The third-order valence-electron chi connectivity index (χ3n) is 1.50. The van der Waals surface area contributed by atoms with E-state index in [1.807, 2.05) is 11.4 Å². The summed E-state index contributed by atoms with van der Waals surface area (Å²) >= 11 is 1.70. The maximum atomic E-state index is 10.8. The van der Waals surface area contributed by atoms with Crippen molar-refractivity contribution in [2.24, 2.45) is 0 Å². The van der Waals surface area contributed by atoms with Crippen molar-refractivity contribution in [3.05, 3.63) is 22.4 Å². The summed E-state index contributed by atoms with van der Waals surface area (Å²) in [5, 5.41) is 4.69. The number of hydrogen-bond acceptors (Lipinski definition) is 3. The first kappa shape index (κ1) is 10.1. The topological polar surface area (TPSA) is 38.3 Å². The van der Waals surface area contributed by atoms with Crippen LogP contribution < -0.4 is 5.32 Å². The highest BCUT2D eigenvalue weighted by Gasteiger charge is 1.99. The minimum atomic E-state index is -0.334. The molecule has 0 aliphatic heterocycles. The second-order valence-corrected chi connectivity index (χ2v) is 3.51. The molecule has 3 nitrogen and oxygen atoms in total. The molecule has 13 heavy (non-hydrogen) atoms. The summed E-state index contributed by atoms with van der Waals surface area (Å²) < 4.78 is 4.71. The van der Waals surface area contributed by atoms with E-state index in [9.17, 15) is 4.79 Å². The van der Waals surface area contributed by atoms with Crippen molar-refractivity contribution in [2.75, 3.05) is 13.2 Å². The maximum Gasteiger partial charge on any atom is 0.407 e. The van der Waals surface area contributed by atoms with E-state index in [1.54, 1.807) is 18.3 Å². The van der Waals surface area contributed by atoms with Crippen LogP contribution in [0.15, 0.2) is 17.5 Å². The van der Waals surface area contributed by atoms with Crippen LogP contribution in [0.2, 0.25) is 0 Å². The molecule has 0 radical (unpaired) electrons. The zero-order valence-corrected chi connectivity index (χ0v) is 8.39. The van der Waals surface area contributed by atoms with E-state index in [-0.39, 0.29) is 6.09 Å². The fourth-order valence-electron chi connectivity index (χ4n) is 0.925. The fraction of sp³-hybridized carbons (Fsp3) is 0.444. The van der Waals surface area contributed by atoms with Gasteiger partial charge in [0.05, 0.1) is 6.61 Å². The van der Waals surface area contributed by atoms with Crippen LogP contribution in [0.25, 0.3) is 0 Å². The number of ether oxygens (including phenoxy) is 1. The van der Waals surface area contributed by atoms with Crippen LogP contribution in [0.5, 0.6) is 0 Å². The van der Waals surface area contributed by atoms with E-state index in [2.05, 4.69) is 11.4 Å². The molecule has 0 unspecified atom stereocenters. The van der Waals surface area contributed by atoms with Gasteiger partial charge in [0.25, 0.3) is 0 Å². The molecule has 0 aromatic carbocycles. The number of carbonyl (C=O) groups is 1. The first-order valence-corrected chi connectivity index (χ1v) is 5.14. The maximum absolute atomic E-state index is 10.8. The molecule has 1 heterocycles. The average Bonchev–Trinajstić information content (AvgIpc) is 2.57. The Bertz CT molecular complexity index is 246. The zero-order valence-electron chi connectivity index (χ0n) is 7.58. The molecule has 1 aromatic heterocycles. The second-order valence-electron chi connectivity index (χ2n) is 2.48. The van der Waals surface area contributed by atoms with Gasteiger partial charge in [-0.15, -0.1) is 11.3 Å². The predicted octanol–water partition coefficient (Wildman–Crippen LogP) is 2.04. The minimum absolute atomic E-state index is 0.334. The molecule has 0 aliphatic rings. The highest BCUT2D eigenvalue weighted by molar-refractivity contribution is 7.09. The van der Waals surface area contributed by atoms with Gasteiger partial charge in [-0.2, -0.15) is 0 Å². The quantitative estimate of drug-likeness (QED) is 0.805. The normalized spacial score (nSPS) is 9.62. The Labute approximate surface area is 81.7 Å². The molecule has 1 N–H and O–H groups in total. The fourth-order valence-corrected chi connectivity index (χ4v) is 1.63. The lowest BCUT2D eigenvalue weighted by Gasteiger charge is -2.03. The van der Waals surface area contributed by atoms with Crippen LogP contribution in [0, 0.1) is 0 Å². The highest BCUT2D eigenvalue weighted by Crippen LogP contribution is 2.07. The van der Waals surface area contributed by atoms with Gasteiger partial charge in [-0.1, -0.05) is 6.07 Å². The van der Waals surface area contributed by atoms with Crippen molar-refractivity contribution in [1.29, 1.82) is 0 Å². The molecule has 0 atom stereocenters. The summed E-state index contributed by atoms with van der Waals surface area (Å²) in [6, 6.07) is 4.06. The molecule has 1 aromatic rings. The monoisotopic (exact) mass is 199 g/mol. The summed E-state index contributed by atoms with van der Waals surface area (Å²) in [4.78, 5) is 12.1. The van der Waals surface area contributed by atoms with E-state index < -0.39 is 0 Å². The number of amides is 1. The highest BCUT2D eigenvalue weighted by atomic mass is 32.1. The van der Waals surface area contributed by atoms with Gasteiger partial charge in [0, 0.05) is 11.4 Å². The molecule has 1 rings (SSSR count). The van der Waals surface area contributed by atoms with Gasteiger partial charge >= 0.3 is 6.09 Å². The Morgan fingerprint density at radius 2 is 2.54 bits per heavy atom. The number of thiophene rings is 1. The first-order chi connectivity index (χ1) is 6.33. The molecule has 1 amide bonds. The number of alkyl carbamates (subject to hydrolysis) is 1. The third-order valence-corrected chi connectivity index (χ3v) is 2.43. The molecule has 0 bridgehead atoms. The molecular formula is C9H13NO2S. The van der Waals surface area contributed by atoms with Crippen LogP contribution in [-0.2, 0) is 11.2 Å². The van der Waals surface area contributed by atoms with Crippen molar-refractivity contribution in [3.63, 3.8) is 0 Å². The number of carbonyl (C=O) groups excluding carboxylic acids is 1. The van der Waals surface area contributed by atoms with E-state index in [4.69, 9.17) is 4.74 Å². The SMILES string of the molecule is CCOC(=O)NCCc1cccs1. The van der Waals surface area contributed by atoms with Crippen LogP contribution >= 0.6 is 11.3 Å². The lowest BCUT2D eigenvalue weighted by Crippen LogP contribution is -2.26. The van der Waals surface area contributed by atoms with E-state index >= 15 is 0 Å². The second kappa shape index (κ2) is 5.59. The van der Waals surface area contributed by atoms with Gasteiger partial charge in [0.15, 0.2) is 0 Å². The molecular weight excluding hydrogens is 186 g/mol. The standard InChI is InChI=1S/C9H13NO2S/c1-2-12-9(11)10-6-5-8-4-3-7-13-8/h3-4,7H,2,5-6H2,1H3,(H,10,11). The predicted molar refractivity (Wildman–Crippen MR) is 53.0 cm³/mol. The van der Waals surface area contributed by atoms with E-state index in [1.165, 1.54) is 4.88 Å². The molecule has 4 heteroatoms. The smallest absolute Gasteiger partial charge is 0.407 e. The van der Waals surface area contributed by atoms with Gasteiger partial charge < -0.3 is 10.1 Å². The van der Waals surface area contributed by atoms with Gasteiger partial charge in [0.2, 0.25) is 0 Å². The van der Waals surface area contributed by atoms with Gasteiger partial charge in [0.1, 0.15) is 0 Å². The minimum Gasteiger partial charge on any atom is -0.450 e. The van der Waals surface area contributed by atoms with Gasteiger partial charge in [-0.05, 0) is 24.8 Å². The zero-order chi connectivity index (χ0) is 9.52. The Hall–Kier alpha value is -1.03. The molecule has 0 spiro atoms. The molecule has 0 aliphatic carbocycles. The van der Waals surface area contributed by atoms with Crippen molar-refractivity contribution in [1.82, 2.24) is 5.32 Å². The number of nitrogens with one attached hydrogen (secondary N) is 1. The summed E-state index contributed by atoms with van der Waals surface area (Å²) in [7, 11) is 0. The van der Waals surface area contributed by atoms with Crippen molar-refractivity contribution >= 4 is 17.4 Å². The largest absolute Gasteiger partial charge is 0.450 e. The van der Waals surface area contributed by atoms with Gasteiger partial charge in [-0.25, -0.2) is 4.79 Å². The third kappa shape index (κ3) is 3.94. The summed E-state index contributed by atoms with van der Waals surface area (Å²) in [5.41, 5.74) is 0. The van der Waals surface area contributed by atoms with E-state index in [0.29, 0.717) is 13.2 Å². The lowest BCUT2D eigenvalue weighted by molar-refractivity contribution is 0.152. The molecule has 72 valence electrons. The van der Waals surface area contributed by atoms with E-state index in [0.717, 1.165) is 6.42 Å². The van der Waals surface area contributed by atoms with Crippen molar-refractivity contribution in [2.45, 2.75) is 13.3 Å². The van der Waals surface area contributed by atoms with Crippen molar-refractivity contribution < 1.29 is 9.53 Å². The molecule has 0 saturated carbocycles. The average molecular weight is 199 g/mol.